The van der Waals surface area contributed by atoms with E-state index < -0.39 is 0 Å². The van der Waals surface area contributed by atoms with Gasteiger partial charge in [-0.15, -0.1) is 0 Å². The number of nitrogens with zero attached hydrogens (tertiary/aromatic N) is 2. The van der Waals surface area contributed by atoms with Gasteiger partial charge >= 0.3 is 0 Å². The van der Waals surface area contributed by atoms with E-state index in [0.29, 0.717) is 24.7 Å². The third-order valence-corrected chi connectivity index (χ3v) is 4.65. The van der Waals surface area contributed by atoms with Crippen molar-refractivity contribution in [3.63, 3.8) is 0 Å². The van der Waals surface area contributed by atoms with Crippen LogP contribution in [0.15, 0.2) is 53.1 Å². The van der Waals surface area contributed by atoms with E-state index in [0.717, 1.165) is 21.8 Å². The summed E-state index contributed by atoms with van der Waals surface area (Å²) >= 11 is 3.35. The molecule has 6 heteroatoms. The summed E-state index contributed by atoms with van der Waals surface area (Å²) in [5.41, 5.74) is 1.60. The molecule has 4 rings (SSSR count). The molecule has 0 saturated carbocycles. The van der Waals surface area contributed by atoms with E-state index in [1.54, 1.807) is 6.20 Å². The molecule has 1 fully saturated rings. The maximum absolute atomic E-state index is 12.7. The van der Waals surface area contributed by atoms with Crippen LogP contribution in [0, 0.1) is 0 Å². The molecule has 5 nitrogen and oxygen atoms in total. The molecule has 1 atom stereocenters. The number of carbonyl (C=O) groups is 1. The number of para-hydroxylation sites is 1. The van der Waals surface area contributed by atoms with Gasteiger partial charge in [0.1, 0.15) is 11.8 Å². The minimum Gasteiger partial charge on any atom is -0.472 e. The number of amides is 1. The van der Waals surface area contributed by atoms with Crippen molar-refractivity contribution in [2.24, 2.45) is 0 Å². The number of fused-ring (bicyclic) bond motifs is 1. The molecule has 0 bridgehead atoms. The SMILES string of the molecule is O=C(c1cc2ccccc2[nH]1)N1CC[C@@H](Oc2ccc(Br)cn2)C1. The van der Waals surface area contributed by atoms with Gasteiger partial charge in [-0.2, -0.15) is 0 Å². The summed E-state index contributed by atoms with van der Waals surface area (Å²) in [6.07, 6.45) is 2.49. The molecule has 0 radical (unpaired) electrons. The zero-order chi connectivity index (χ0) is 16.5. The third kappa shape index (κ3) is 3.01. The number of halogens is 1. The average Bonchev–Trinajstić information content (AvgIpc) is 3.23. The van der Waals surface area contributed by atoms with E-state index in [9.17, 15) is 4.79 Å². The van der Waals surface area contributed by atoms with E-state index in [2.05, 4.69) is 25.9 Å². The molecule has 1 saturated heterocycles. The minimum absolute atomic E-state index is 0.0149. The van der Waals surface area contributed by atoms with Crippen LogP contribution in [0.5, 0.6) is 5.88 Å². The van der Waals surface area contributed by atoms with Crippen LogP contribution in [0.2, 0.25) is 0 Å². The highest BCUT2D eigenvalue weighted by Gasteiger charge is 2.29. The minimum atomic E-state index is -0.0213. The van der Waals surface area contributed by atoms with Crippen molar-refractivity contribution in [2.45, 2.75) is 12.5 Å². The molecule has 24 heavy (non-hydrogen) atoms. The van der Waals surface area contributed by atoms with Crippen molar-refractivity contribution in [1.29, 1.82) is 0 Å². The molecule has 1 aromatic carbocycles. The first-order chi connectivity index (χ1) is 11.7. The van der Waals surface area contributed by atoms with Crippen molar-refractivity contribution < 1.29 is 9.53 Å². The number of benzene rings is 1. The van der Waals surface area contributed by atoms with E-state index in [4.69, 9.17) is 4.74 Å². The Balaban J connectivity index is 1.44. The Labute approximate surface area is 147 Å². The number of carbonyl (C=O) groups excluding carboxylic acids is 1. The largest absolute Gasteiger partial charge is 0.472 e. The lowest BCUT2D eigenvalue weighted by Gasteiger charge is -2.16. The third-order valence-electron chi connectivity index (χ3n) is 4.18. The number of rotatable bonds is 3. The molecule has 1 N–H and O–H groups in total. The van der Waals surface area contributed by atoms with Gasteiger partial charge in [0.15, 0.2) is 0 Å². The van der Waals surface area contributed by atoms with Crippen LogP contribution in [0.1, 0.15) is 16.9 Å². The lowest BCUT2D eigenvalue weighted by atomic mass is 10.2. The van der Waals surface area contributed by atoms with Gasteiger partial charge in [-0.25, -0.2) is 4.98 Å². The monoisotopic (exact) mass is 385 g/mol. The summed E-state index contributed by atoms with van der Waals surface area (Å²) in [7, 11) is 0. The Morgan fingerprint density at radius 2 is 2.17 bits per heavy atom. The molecule has 0 spiro atoms. The molecule has 2 aromatic heterocycles. The fourth-order valence-electron chi connectivity index (χ4n) is 2.97. The number of hydrogen-bond acceptors (Lipinski definition) is 3. The number of pyridine rings is 1. The lowest BCUT2D eigenvalue weighted by molar-refractivity contribution is 0.0766. The van der Waals surface area contributed by atoms with Crippen LogP contribution in [-0.2, 0) is 0 Å². The van der Waals surface area contributed by atoms with Crippen LogP contribution < -0.4 is 4.74 Å². The van der Waals surface area contributed by atoms with Crippen LogP contribution in [0.3, 0.4) is 0 Å². The first kappa shape index (κ1) is 15.2. The van der Waals surface area contributed by atoms with Crippen molar-refractivity contribution in [3.05, 3.63) is 58.8 Å². The number of nitrogens with one attached hydrogen (secondary N) is 1. The summed E-state index contributed by atoms with van der Waals surface area (Å²) in [4.78, 5) is 21.9. The van der Waals surface area contributed by atoms with Crippen LogP contribution >= 0.6 is 15.9 Å². The zero-order valence-corrected chi connectivity index (χ0v) is 14.5. The topological polar surface area (TPSA) is 58.2 Å². The highest BCUT2D eigenvalue weighted by atomic mass is 79.9. The second-order valence-electron chi connectivity index (χ2n) is 5.86. The first-order valence-electron chi connectivity index (χ1n) is 7.84. The summed E-state index contributed by atoms with van der Waals surface area (Å²) in [6, 6.07) is 13.5. The maximum atomic E-state index is 12.7. The maximum Gasteiger partial charge on any atom is 0.270 e. The number of hydrogen-bond donors (Lipinski definition) is 1. The van der Waals surface area contributed by atoms with E-state index in [1.165, 1.54) is 0 Å². The highest BCUT2D eigenvalue weighted by molar-refractivity contribution is 9.10. The molecule has 1 aliphatic rings. The van der Waals surface area contributed by atoms with Gasteiger partial charge in [0, 0.05) is 40.6 Å². The molecule has 122 valence electrons. The van der Waals surface area contributed by atoms with Gasteiger partial charge in [-0.05, 0) is 34.1 Å². The van der Waals surface area contributed by atoms with Crippen molar-refractivity contribution in [2.75, 3.05) is 13.1 Å². The molecule has 3 aromatic rings. The lowest BCUT2D eigenvalue weighted by Crippen LogP contribution is -2.31. The smallest absolute Gasteiger partial charge is 0.270 e. The van der Waals surface area contributed by atoms with Gasteiger partial charge < -0.3 is 14.6 Å². The first-order valence-corrected chi connectivity index (χ1v) is 8.63. The van der Waals surface area contributed by atoms with Crippen molar-refractivity contribution >= 4 is 32.7 Å². The fraction of sp³-hybridized carbons (Fsp3) is 0.222. The molecular weight excluding hydrogens is 370 g/mol. The number of ether oxygens (including phenoxy) is 1. The van der Waals surface area contributed by atoms with Crippen LogP contribution in [0.25, 0.3) is 10.9 Å². The molecule has 0 aliphatic carbocycles. The Bertz CT molecular complexity index is 842. The second-order valence-corrected chi connectivity index (χ2v) is 6.78. The Hall–Kier alpha value is -2.34. The Kier molecular flexibility index (Phi) is 3.98. The number of aromatic amines is 1. The van der Waals surface area contributed by atoms with Crippen LogP contribution in [0.4, 0.5) is 0 Å². The molecule has 3 heterocycles. The molecular formula is C18H16BrN3O2. The predicted octanol–water partition coefficient (Wildman–Crippen LogP) is 3.62. The number of H-pyrrole nitrogens is 1. The molecule has 1 aliphatic heterocycles. The number of aromatic nitrogens is 2. The molecule has 0 unspecified atom stereocenters. The summed E-state index contributed by atoms with van der Waals surface area (Å²) in [5.74, 6) is 0.601. The van der Waals surface area contributed by atoms with Gasteiger partial charge in [0.05, 0.1) is 6.54 Å². The second kappa shape index (κ2) is 6.28. The summed E-state index contributed by atoms with van der Waals surface area (Å²) < 4.78 is 6.78. The summed E-state index contributed by atoms with van der Waals surface area (Å²) in [6.45, 7) is 1.27. The number of likely N-dealkylation sites (tertiary alicyclic amines) is 1. The van der Waals surface area contributed by atoms with Crippen molar-refractivity contribution in [3.8, 4) is 5.88 Å². The van der Waals surface area contributed by atoms with Crippen LogP contribution in [-0.4, -0.2) is 40.0 Å². The average molecular weight is 386 g/mol. The van der Waals surface area contributed by atoms with E-state index >= 15 is 0 Å². The Morgan fingerprint density at radius 1 is 1.29 bits per heavy atom. The van der Waals surface area contributed by atoms with Gasteiger partial charge in [0.25, 0.3) is 5.91 Å². The Morgan fingerprint density at radius 3 is 2.96 bits per heavy atom. The van der Waals surface area contributed by atoms with Crippen molar-refractivity contribution in [1.82, 2.24) is 14.9 Å². The standard InChI is InChI=1S/C18H16BrN3O2/c19-13-5-6-17(20-10-13)24-14-7-8-22(11-14)18(23)16-9-12-3-1-2-4-15(12)21-16/h1-6,9-10,14,21H,7-8,11H2/t14-/m1/s1. The van der Waals surface area contributed by atoms with E-state index in [1.807, 2.05) is 47.4 Å². The summed E-state index contributed by atoms with van der Waals surface area (Å²) in [5, 5.41) is 1.05. The van der Waals surface area contributed by atoms with E-state index in [-0.39, 0.29) is 12.0 Å². The quantitative estimate of drug-likeness (QED) is 0.748. The highest BCUT2D eigenvalue weighted by Crippen LogP contribution is 2.21. The molecule has 1 amide bonds. The normalized spacial score (nSPS) is 17.4. The van der Waals surface area contributed by atoms with Gasteiger partial charge in [-0.1, -0.05) is 18.2 Å². The van der Waals surface area contributed by atoms with Gasteiger partial charge in [-0.3, -0.25) is 4.79 Å². The predicted molar refractivity (Wildman–Crippen MR) is 95.2 cm³/mol. The zero-order valence-electron chi connectivity index (χ0n) is 12.9. The fourth-order valence-corrected chi connectivity index (χ4v) is 3.21. The van der Waals surface area contributed by atoms with Gasteiger partial charge in [0.2, 0.25) is 5.88 Å².